The molecule has 132 valence electrons. The summed E-state index contributed by atoms with van der Waals surface area (Å²) >= 11 is 6.12. The second-order valence-electron chi connectivity index (χ2n) is 7.52. The Morgan fingerprint density at radius 1 is 1.08 bits per heavy atom. The van der Waals surface area contributed by atoms with E-state index in [0.717, 1.165) is 24.0 Å². The van der Waals surface area contributed by atoms with Crippen LogP contribution in [0, 0.1) is 5.41 Å². The first kappa shape index (κ1) is 17.0. The Labute approximate surface area is 153 Å². The molecule has 1 saturated carbocycles. The average molecular weight is 379 g/mol. The highest BCUT2D eigenvalue weighted by Crippen LogP contribution is 2.63. The summed E-state index contributed by atoms with van der Waals surface area (Å²) in [5.41, 5.74) is 5.09. The molecule has 0 amide bonds. The lowest BCUT2D eigenvalue weighted by Gasteiger charge is -2.18. The summed E-state index contributed by atoms with van der Waals surface area (Å²) in [7, 11) is -3.20. The molecule has 1 aromatic carbocycles. The molecule has 1 atom stereocenters. The van der Waals surface area contributed by atoms with Crippen LogP contribution in [0.25, 0.3) is 5.57 Å². The van der Waals surface area contributed by atoms with Gasteiger partial charge in [0.25, 0.3) is 0 Å². The molecule has 3 aliphatic carbocycles. The van der Waals surface area contributed by atoms with E-state index in [1.54, 1.807) is 12.1 Å². The number of hydrogen-bond donors (Lipinski definition) is 0. The monoisotopic (exact) mass is 378 g/mol. The molecule has 3 aliphatic rings. The lowest BCUT2D eigenvalue weighted by atomic mass is 9.91. The fourth-order valence-corrected chi connectivity index (χ4v) is 4.78. The van der Waals surface area contributed by atoms with Gasteiger partial charge in [0.15, 0.2) is 9.84 Å². The van der Waals surface area contributed by atoms with Crippen LogP contribution >= 0.6 is 11.6 Å². The van der Waals surface area contributed by atoms with E-state index >= 15 is 0 Å². The highest BCUT2D eigenvalue weighted by Gasteiger charge is 2.48. The molecule has 2 nitrogen and oxygen atoms in total. The lowest BCUT2D eigenvalue weighted by Crippen LogP contribution is -2.07. The first-order chi connectivity index (χ1) is 11.8. The van der Waals surface area contributed by atoms with Gasteiger partial charge in [0, 0.05) is 6.26 Å². The predicted octanol–water partition coefficient (Wildman–Crippen LogP) is 5.21. The third kappa shape index (κ3) is 3.22. The zero-order chi connectivity index (χ0) is 17.8. The van der Waals surface area contributed by atoms with Gasteiger partial charge in [0.1, 0.15) is 5.83 Å². The third-order valence-electron chi connectivity index (χ3n) is 5.59. The van der Waals surface area contributed by atoms with Crippen molar-refractivity contribution in [2.24, 2.45) is 5.41 Å². The van der Waals surface area contributed by atoms with E-state index in [1.807, 2.05) is 18.2 Å². The quantitative estimate of drug-likeness (QED) is 0.676. The van der Waals surface area contributed by atoms with E-state index < -0.39 is 15.2 Å². The van der Waals surface area contributed by atoms with Gasteiger partial charge in [-0.25, -0.2) is 12.8 Å². The Morgan fingerprint density at radius 3 is 2.28 bits per heavy atom. The van der Waals surface area contributed by atoms with Crippen LogP contribution in [-0.4, -0.2) is 20.1 Å². The highest BCUT2D eigenvalue weighted by molar-refractivity contribution is 7.90. The molecule has 0 bridgehead atoms. The van der Waals surface area contributed by atoms with Crippen LogP contribution in [-0.2, 0) is 9.84 Å². The van der Waals surface area contributed by atoms with Crippen LogP contribution in [0.15, 0.2) is 58.3 Å². The fourth-order valence-electron chi connectivity index (χ4n) is 3.91. The van der Waals surface area contributed by atoms with Crippen LogP contribution < -0.4 is 0 Å². The summed E-state index contributed by atoms with van der Waals surface area (Å²) in [6, 6.07) is 7.13. The van der Waals surface area contributed by atoms with Gasteiger partial charge in [-0.3, -0.25) is 0 Å². The van der Waals surface area contributed by atoms with Crippen molar-refractivity contribution in [2.45, 2.75) is 42.4 Å². The van der Waals surface area contributed by atoms with E-state index in [2.05, 4.69) is 0 Å². The summed E-state index contributed by atoms with van der Waals surface area (Å²) in [4.78, 5) is 0.334. The van der Waals surface area contributed by atoms with E-state index in [9.17, 15) is 12.8 Å². The number of halogens is 2. The van der Waals surface area contributed by atoms with Gasteiger partial charge in [0.2, 0.25) is 0 Å². The van der Waals surface area contributed by atoms with Crippen molar-refractivity contribution in [2.75, 3.05) is 6.26 Å². The maximum atomic E-state index is 13.6. The molecule has 4 rings (SSSR count). The Balaban J connectivity index is 1.74. The maximum Gasteiger partial charge on any atom is 0.175 e. The number of alkyl halides is 1. The van der Waals surface area contributed by atoms with E-state index in [0.29, 0.717) is 16.7 Å². The molecule has 5 heteroatoms. The highest BCUT2D eigenvalue weighted by atomic mass is 35.5. The largest absolute Gasteiger partial charge is 0.224 e. The average Bonchev–Trinajstić information content (AvgIpc) is 3.20. The molecule has 0 radical (unpaired) electrons. The molecule has 1 aromatic rings. The second-order valence-corrected chi connectivity index (χ2v) is 10.1. The predicted molar refractivity (Wildman–Crippen MR) is 98.9 cm³/mol. The number of rotatable bonds is 3. The number of hydrogen-bond acceptors (Lipinski definition) is 2. The lowest BCUT2D eigenvalue weighted by molar-refractivity contribution is 0.550. The van der Waals surface area contributed by atoms with Crippen molar-refractivity contribution in [1.29, 1.82) is 0 Å². The molecule has 1 unspecified atom stereocenters. The van der Waals surface area contributed by atoms with Gasteiger partial charge in [0.05, 0.1) is 10.3 Å². The van der Waals surface area contributed by atoms with Crippen LogP contribution in [0.3, 0.4) is 0 Å². The molecule has 1 fully saturated rings. The molecule has 0 saturated heterocycles. The van der Waals surface area contributed by atoms with Crippen LogP contribution in [0.4, 0.5) is 4.39 Å². The first-order valence-electron chi connectivity index (χ1n) is 8.51. The molecule has 25 heavy (non-hydrogen) atoms. The summed E-state index contributed by atoms with van der Waals surface area (Å²) in [5.74, 6) is -0.274. The molecule has 0 aromatic heterocycles. The molecular weight excluding hydrogens is 359 g/mol. The minimum absolute atomic E-state index is 0.274. The Kier molecular flexibility index (Phi) is 3.97. The Hall–Kier alpha value is -1.39. The summed E-state index contributed by atoms with van der Waals surface area (Å²) in [6.07, 6.45) is 9.54. The number of allylic oxidation sites excluding steroid dienone is 6. The van der Waals surface area contributed by atoms with Gasteiger partial charge < -0.3 is 0 Å². The van der Waals surface area contributed by atoms with Gasteiger partial charge in [-0.2, -0.15) is 0 Å². The van der Waals surface area contributed by atoms with Crippen LogP contribution in [0.5, 0.6) is 0 Å². The minimum atomic E-state index is -3.20. The van der Waals surface area contributed by atoms with Gasteiger partial charge in [-0.1, -0.05) is 18.2 Å². The number of benzene rings is 1. The summed E-state index contributed by atoms with van der Waals surface area (Å²) < 4.78 is 36.9. The van der Waals surface area contributed by atoms with Gasteiger partial charge >= 0.3 is 0 Å². The van der Waals surface area contributed by atoms with Crippen molar-refractivity contribution in [3.8, 4) is 0 Å². The van der Waals surface area contributed by atoms with E-state index in [4.69, 9.17) is 11.6 Å². The second kappa shape index (κ2) is 5.82. The first-order valence-corrected chi connectivity index (χ1v) is 10.8. The molecule has 0 N–H and O–H groups in total. The smallest absolute Gasteiger partial charge is 0.175 e. The molecule has 0 heterocycles. The standard InChI is InChI=1S/C20H20ClFO2S/c1-25(23,24)15-5-2-13(3-6-15)16-11-20(8-9-20)12-17(16)14-4-7-19(22)18(21)10-14/h2-7,18H,8-12H2,1H3. The fraction of sp³-hybridized carbons (Fsp3) is 0.400. The normalized spacial score (nSPS) is 25.2. The molecule has 1 spiro atoms. The minimum Gasteiger partial charge on any atom is -0.224 e. The summed E-state index contributed by atoms with van der Waals surface area (Å²) in [5, 5.41) is -0.586. The molecule has 0 aliphatic heterocycles. The van der Waals surface area contributed by atoms with E-state index in [-0.39, 0.29) is 5.83 Å². The van der Waals surface area contributed by atoms with Crippen molar-refractivity contribution in [3.63, 3.8) is 0 Å². The van der Waals surface area contributed by atoms with Crippen molar-refractivity contribution in [3.05, 3.63) is 59.0 Å². The maximum absolute atomic E-state index is 13.6. The SMILES string of the molecule is CS(=O)(=O)c1ccc(C2=C(C3=CC=C(F)C(Cl)C3)CC3(CC3)C2)cc1. The number of sulfone groups is 1. The van der Waals surface area contributed by atoms with Crippen LogP contribution in [0.2, 0.25) is 0 Å². The Bertz CT molecular complexity index is 919. The molecular formula is C20H20ClFO2S. The third-order valence-corrected chi connectivity index (χ3v) is 7.08. The summed E-state index contributed by atoms with van der Waals surface area (Å²) in [6.45, 7) is 0. The van der Waals surface area contributed by atoms with E-state index in [1.165, 1.54) is 36.3 Å². The topological polar surface area (TPSA) is 34.1 Å². The van der Waals surface area contributed by atoms with Crippen LogP contribution in [0.1, 0.15) is 37.7 Å². The van der Waals surface area contributed by atoms with Gasteiger partial charge in [-0.05, 0) is 78.0 Å². The van der Waals surface area contributed by atoms with Crippen molar-refractivity contribution < 1.29 is 12.8 Å². The zero-order valence-electron chi connectivity index (χ0n) is 14.1. The van der Waals surface area contributed by atoms with Crippen molar-refractivity contribution in [1.82, 2.24) is 0 Å². The Morgan fingerprint density at radius 2 is 1.72 bits per heavy atom. The van der Waals surface area contributed by atoms with Crippen molar-refractivity contribution >= 4 is 27.0 Å². The van der Waals surface area contributed by atoms with Gasteiger partial charge in [-0.15, -0.1) is 11.6 Å². The zero-order valence-corrected chi connectivity index (χ0v) is 15.6.